The molecule has 138 valence electrons. The Hall–Kier alpha value is -2.95. The van der Waals surface area contributed by atoms with Gasteiger partial charge in [-0.3, -0.25) is 14.4 Å². The second kappa shape index (κ2) is 6.65. The van der Waals surface area contributed by atoms with Gasteiger partial charge in [0.15, 0.2) is 0 Å². The summed E-state index contributed by atoms with van der Waals surface area (Å²) in [6.07, 6.45) is 4.25. The van der Waals surface area contributed by atoms with Crippen molar-refractivity contribution >= 4 is 23.4 Å². The van der Waals surface area contributed by atoms with Crippen molar-refractivity contribution in [3.8, 4) is 0 Å². The molecule has 2 aromatic rings. The second-order valence-electron chi connectivity index (χ2n) is 7.43. The van der Waals surface area contributed by atoms with Crippen molar-refractivity contribution in [2.45, 2.75) is 45.6 Å². The number of fused-ring (bicyclic) bond motifs is 1. The minimum Gasteiger partial charge on any atom is -0.349 e. The molecule has 0 atom stereocenters. The summed E-state index contributed by atoms with van der Waals surface area (Å²) < 4.78 is 0. The van der Waals surface area contributed by atoms with Crippen LogP contribution < -0.4 is 10.2 Å². The molecule has 5 nitrogen and oxygen atoms in total. The van der Waals surface area contributed by atoms with Crippen LogP contribution in [0.25, 0.3) is 0 Å². The Morgan fingerprint density at radius 2 is 1.63 bits per heavy atom. The molecule has 1 aliphatic heterocycles. The molecule has 3 amide bonds. The molecule has 1 saturated carbocycles. The minimum atomic E-state index is -0.381. The number of carbonyl (C=O) groups is 3. The number of hydrogen-bond acceptors (Lipinski definition) is 3. The summed E-state index contributed by atoms with van der Waals surface area (Å²) in [6.45, 7) is 3.93. The molecule has 1 N–H and O–H groups in total. The highest BCUT2D eigenvalue weighted by atomic mass is 16.2. The Balaban J connectivity index is 1.63. The van der Waals surface area contributed by atoms with Gasteiger partial charge in [-0.25, -0.2) is 4.90 Å². The smallest absolute Gasteiger partial charge is 0.266 e. The Morgan fingerprint density at radius 3 is 2.33 bits per heavy atom. The predicted octanol–water partition coefficient (Wildman–Crippen LogP) is 3.78. The molecular weight excluding hydrogens is 340 g/mol. The summed E-state index contributed by atoms with van der Waals surface area (Å²) in [7, 11) is 0. The number of imide groups is 1. The van der Waals surface area contributed by atoms with Crippen LogP contribution in [-0.4, -0.2) is 23.8 Å². The topological polar surface area (TPSA) is 66.5 Å². The van der Waals surface area contributed by atoms with E-state index in [1.54, 1.807) is 24.3 Å². The summed E-state index contributed by atoms with van der Waals surface area (Å²) in [5.41, 5.74) is 3.72. The summed E-state index contributed by atoms with van der Waals surface area (Å²) >= 11 is 0. The van der Waals surface area contributed by atoms with Crippen molar-refractivity contribution in [2.24, 2.45) is 0 Å². The van der Waals surface area contributed by atoms with Crippen molar-refractivity contribution < 1.29 is 14.4 Å². The zero-order valence-corrected chi connectivity index (χ0v) is 15.5. The maximum Gasteiger partial charge on any atom is 0.266 e. The summed E-state index contributed by atoms with van der Waals surface area (Å²) in [5.74, 6) is -0.913. The van der Waals surface area contributed by atoms with Gasteiger partial charge in [-0.15, -0.1) is 0 Å². The van der Waals surface area contributed by atoms with Crippen LogP contribution in [-0.2, 0) is 0 Å². The first kappa shape index (κ1) is 17.5. The summed E-state index contributed by atoms with van der Waals surface area (Å²) in [4.78, 5) is 39.4. The molecule has 1 aliphatic carbocycles. The number of benzene rings is 2. The fraction of sp³-hybridized carbons (Fsp3) is 0.318. The molecule has 0 spiro atoms. The van der Waals surface area contributed by atoms with Crippen LogP contribution in [0.1, 0.15) is 67.9 Å². The Morgan fingerprint density at radius 1 is 0.926 bits per heavy atom. The molecular formula is C22H22N2O3. The lowest BCUT2D eigenvalue weighted by atomic mass is 10.0. The van der Waals surface area contributed by atoms with Crippen molar-refractivity contribution in [1.29, 1.82) is 0 Å². The highest BCUT2D eigenvalue weighted by molar-refractivity contribution is 6.34. The molecule has 4 rings (SSSR count). The highest BCUT2D eigenvalue weighted by Crippen LogP contribution is 2.30. The number of rotatable bonds is 3. The molecule has 0 bridgehead atoms. The molecule has 2 aromatic carbocycles. The molecule has 0 saturated heterocycles. The van der Waals surface area contributed by atoms with Crippen LogP contribution in [0.2, 0.25) is 0 Å². The van der Waals surface area contributed by atoms with Crippen LogP contribution in [0, 0.1) is 13.8 Å². The lowest BCUT2D eigenvalue weighted by Gasteiger charge is -2.15. The minimum absolute atomic E-state index is 0.186. The standard InChI is InChI=1S/C22H22N2O3/c1-13-7-9-17(11-14(13)2)24-21(26)18-10-8-15(12-19(18)22(24)27)20(25)23-16-5-3-4-6-16/h7-12,16H,3-6H2,1-2H3,(H,23,25). The zero-order chi connectivity index (χ0) is 19.1. The van der Waals surface area contributed by atoms with E-state index >= 15 is 0 Å². The maximum absolute atomic E-state index is 12.9. The number of nitrogens with one attached hydrogen (secondary N) is 1. The van der Waals surface area contributed by atoms with E-state index in [9.17, 15) is 14.4 Å². The van der Waals surface area contributed by atoms with Crippen LogP contribution >= 0.6 is 0 Å². The molecule has 0 radical (unpaired) electrons. The van der Waals surface area contributed by atoms with Gasteiger partial charge in [-0.2, -0.15) is 0 Å². The zero-order valence-electron chi connectivity index (χ0n) is 15.5. The van der Waals surface area contributed by atoms with Crippen molar-refractivity contribution in [1.82, 2.24) is 5.32 Å². The molecule has 27 heavy (non-hydrogen) atoms. The van der Waals surface area contributed by atoms with Gasteiger partial charge in [0.05, 0.1) is 16.8 Å². The SMILES string of the molecule is Cc1ccc(N2C(=O)c3ccc(C(=O)NC4CCCC4)cc3C2=O)cc1C. The van der Waals surface area contributed by atoms with E-state index in [-0.39, 0.29) is 29.3 Å². The van der Waals surface area contributed by atoms with Gasteiger partial charge in [0.25, 0.3) is 17.7 Å². The Kier molecular flexibility index (Phi) is 4.30. The first-order valence-electron chi connectivity index (χ1n) is 9.36. The summed E-state index contributed by atoms with van der Waals surface area (Å²) in [6, 6.07) is 10.5. The number of nitrogens with zero attached hydrogens (tertiary/aromatic N) is 1. The lowest BCUT2D eigenvalue weighted by molar-refractivity contribution is 0.0921. The van der Waals surface area contributed by atoms with Crippen molar-refractivity contribution in [3.05, 3.63) is 64.2 Å². The second-order valence-corrected chi connectivity index (χ2v) is 7.43. The van der Waals surface area contributed by atoms with E-state index < -0.39 is 0 Å². The average molecular weight is 362 g/mol. The highest BCUT2D eigenvalue weighted by Gasteiger charge is 2.37. The quantitative estimate of drug-likeness (QED) is 0.845. The normalized spacial score (nSPS) is 16.7. The number of anilines is 1. The van der Waals surface area contributed by atoms with Gasteiger partial charge in [-0.05, 0) is 68.1 Å². The van der Waals surface area contributed by atoms with Crippen LogP contribution in [0.15, 0.2) is 36.4 Å². The molecule has 2 aliphatic rings. The molecule has 5 heteroatoms. The number of amides is 3. The van der Waals surface area contributed by atoms with E-state index in [4.69, 9.17) is 0 Å². The third-order valence-corrected chi connectivity index (χ3v) is 5.59. The first-order valence-corrected chi connectivity index (χ1v) is 9.36. The molecule has 1 fully saturated rings. The van der Waals surface area contributed by atoms with Crippen LogP contribution in [0.3, 0.4) is 0 Å². The average Bonchev–Trinajstić information content (AvgIpc) is 3.24. The maximum atomic E-state index is 12.9. The van der Waals surface area contributed by atoms with Gasteiger partial charge in [0.2, 0.25) is 0 Å². The number of hydrogen-bond donors (Lipinski definition) is 1. The summed E-state index contributed by atoms with van der Waals surface area (Å²) in [5, 5.41) is 3.02. The van der Waals surface area contributed by atoms with Crippen LogP contribution in [0.5, 0.6) is 0 Å². The monoisotopic (exact) mass is 362 g/mol. The number of carbonyl (C=O) groups excluding carboxylic acids is 3. The van der Waals surface area contributed by atoms with Crippen LogP contribution in [0.4, 0.5) is 5.69 Å². The van der Waals surface area contributed by atoms with Crippen molar-refractivity contribution in [3.63, 3.8) is 0 Å². The number of aryl methyl sites for hydroxylation is 2. The van der Waals surface area contributed by atoms with E-state index in [1.807, 2.05) is 26.0 Å². The first-order chi connectivity index (χ1) is 13.0. The van der Waals surface area contributed by atoms with Gasteiger partial charge in [-0.1, -0.05) is 18.9 Å². The van der Waals surface area contributed by atoms with Crippen molar-refractivity contribution in [2.75, 3.05) is 4.90 Å². The largest absolute Gasteiger partial charge is 0.349 e. The third-order valence-electron chi connectivity index (χ3n) is 5.59. The van der Waals surface area contributed by atoms with Gasteiger partial charge >= 0.3 is 0 Å². The van der Waals surface area contributed by atoms with E-state index in [0.717, 1.165) is 36.8 Å². The Labute approximate surface area is 158 Å². The predicted molar refractivity (Wildman–Crippen MR) is 103 cm³/mol. The van der Waals surface area contributed by atoms with Gasteiger partial charge in [0.1, 0.15) is 0 Å². The van der Waals surface area contributed by atoms with E-state index in [0.29, 0.717) is 16.8 Å². The molecule has 0 unspecified atom stereocenters. The van der Waals surface area contributed by atoms with Gasteiger partial charge < -0.3 is 5.32 Å². The van der Waals surface area contributed by atoms with Gasteiger partial charge in [0, 0.05) is 11.6 Å². The third kappa shape index (κ3) is 3.03. The lowest BCUT2D eigenvalue weighted by Crippen LogP contribution is -2.32. The van der Waals surface area contributed by atoms with E-state index in [2.05, 4.69) is 5.32 Å². The molecule has 1 heterocycles. The fourth-order valence-electron chi connectivity index (χ4n) is 3.82. The molecule has 0 aromatic heterocycles. The van der Waals surface area contributed by atoms with E-state index in [1.165, 1.54) is 4.90 Å². The fourth-order valence-corrected chi connectivity index (χ4v) is 3.82. The Bertz CT molecular complexity index is 958.